The van der Waals surface area contributed by atoms with Crippen molar-refractivity contribution in [1.82, 2.24) is 10.2 Å². The Morgan fingerprint density at radius 2 is 2.25 bits per heavy atom. The summed E-state index contributed by atoms with van der Waals surface area (Å²) in [5.74, 6) is 0.0465. The highest BCUT2D eigenvalue weighted by molar-refractivity contribution is 5.75. The second-order valence-electron chi connectivity index (χ2n) is 5.86. The number of aliphatic hydroxyl groups is 1. The number of likely N-dealkylation sites (tertiary alicyclic amines) is 1. The average Bonchev–Trinajstić information content (AvgIpc) is 3.03. The van der Waals surface area contributed by atoms with Crippen LogP contribution in [0.5, 0.6) is 0 Å². The van der Waals surface area contributed by atoms with E-state index in [4.69, 9.17) is 9.84 Å². The molecule has 1 fully saturated rings. The van der Waals surface area contributed by atoms with E-state index in [9.17, 15) is 18.0 Å². The molecule has 1 heterocycles. The van der Waals surface area contributed by atoms with Gasteiger partial charge in [0.05, 0.1) is 18.2 Å². The number of aliphatic hydroxyl groups excluding tert-OH is 1. The summed E-state index contributed by atoms with van der Waals surface area (Å²) in [7, 11) is 1.42. The molecule has 2 amide bonds. The molecule has 2 unspecified atom stereocenters. The maximum absolute atomic E-state index is 12.9. The molecule has 1 aliphatic rings. The van der Waals surface area contributed by atoms with Crippen molar-refractivity contribution in [3.8, 4) is 0 Å². The van der Waals surface area contributed by atoms with E-state index in [0.29, 0.717) is 25.1 Å². The van der Waals surface area contributed by atoms with Gasteiger partial charge < -0.3 is 20.1 Å². The van der Waals surface area contributed by atoms with Crippen LogP contribution in [0.3, 0.4) is 0 Å². The molecule has 1 aromatic carbocycles. The summed E-state index contributed by atoms with van der Waals surface area (Å²) < 4.78 is 43.6. The highest BCUT2D eigenvalue weighted by Crippen LogP contribution is 2.31. The van der Waals surface area contributed by atoms with E-state index in [-0.39, 0.29) is 25.2 Å². The van der Waals surface area contributed by atoms with Crippen molar-refractivity contribution in [1.29, 1.82) is 0 Å². The zero-order valence-electron chi connectivity index (χ0n) is 13.3. The number of hydrogen-bond acceptors (Lipinski definition) is 3. The quantitative estimate of drug-likeness (QED) is 0.861. The van der Waals surface area contributed by atoms with Gasteiger partial charge in [0.15, 0.2) is 0 Å². The number of benzene rings is 1. The maximum Gasteiger partial charge on any atom is 0.416 e. The van der Waals surface area contributed by atoms with Gasteiger partial charge in [0.25, 0.3) is 0 Å². The summed E-state index contributed by atoms with van der Waals surface area (Å²) >= 11 is 0. The first kappa shape index (κ1) is 18.5. The molecular formula is C16H21F3N2O3. The molecule has 2 rings (SSSR count). The van der Waals surface area contributed by atoms with Gasteiger partial charge in [0, 0.05) is 32.7 Å². The minimum Gasteiger partial charge on any atom is -0.396 e. The van der Waals surface area contributed by atoms with Crippen LogP contribution in [0.25, 0.3) is 0 Å². The summed E-state index contributed by atoms with van der Waals surface area (Å²) in [4.78, 5) is 13.9. The molecular weight excluding hydrogens is 325 g/mol. The number of amides is 2. The van der Waals surface area contributed by atoms with Crippen molar-refractivity contribution in [2.45, 2.75) is 18.6 Å². The van der Waals surface area contributed by atoms with Crippen molar-refractivity contribution in [3.05, 3.63) is 35.4 Å². The third-order valence-electron chi connectivity index (χ3n) is 4.08. The standard InChI is InChI=1S/C16H21F3N2O3/c1-24-10-14(12-3-2-4-13(7-12)16(17,18)19)20-15(23)21-6-5-11(8-21)9-22/h2-4,7,11,14,22H,5-6,8-10H2,1H3,(H,20,23). The van der Waals surface area contributed by atoms with E-state index >= 15 is 0 Å². The van der Waals surface area contributed by atoms with E-state index in [1.807, 2.05) is 0 Å². The zero-order valence-corrected chi connectivity index (χ0v) is 13.3. The number of halogens is 3. The van der Waals surface area contributed by atoms with Crippen LogP contribution in [0.4, 0.5) is 18.0 Å². The number of methoxy groups -OCH3 is 1. The topological polar surface area (TPSA) is 61.8 Å². The van der Waals surface area contributed by atoms with Gasteiger partial charge in [0.2, 0.25) is 0 Å². The van der Waals surface area contributed by atoms with Crippen LogP contribution in [0.15, 0.2) is 24.3 Å². The predicted molar refractivity (Wildman–Crippen MR) is 81.4 cm³/mol. The molecule has 2 atom stereocenters. The van der Waals surface area contributed by atoms with E-state index in [0.717, 1.165) is 12.1 Å². The third kappa shape index (κ3) is 4.61. The van der Waals surface area contributed by atoms with Crippen molar-refractivity contribution in [3.63, 3.8) is 0 Å². The van der Waals surface area contributed by atoms with Crippen molar-refractivity contribution < 1.29 is 27.8 Å². The van der Waals surface area contributed by atoms with Gasteiger partial charge in [0.1, 0.15) is 0 Å². The fourth-order valence-corrected chi connectivity index (χ4v) is 2.73. The molecule has 1 saturated heterocycles. The van der Waals surface area contributed by atoms with Crippen LogP contribution in [0.2, 0.25) is 0 Å². The first-order valence-electron chi connectivity index (χ1n) is 7.67. The Balaban J connectivity index is 2.10. The number of carbonyl (C=O) groups excluding carboxylic acids is 1. The zero-order chi connectivity index (χ0) is 17.7. The van der Waals surface area contributed by atoms with Gasteiger partial charge in [-0.15, -0.1) is 0 Å². The van der Waals surface area contributed by atoms with Crippen molar-refractivity contribution in [2.24, 2.45) is 5.92 Å². The number of nitrogens with one attached hydrogen (secondary N) is 1. The molecule has 8 heteroatoms. The van der Waals surface area contributed by atoms with Gasteiger partial charge in [-0.25, -0.2) is 4.79 Å². The Hall–Kier alpha value is -1.80. The maximum atomic E-state index is 12.9. The highest BCUT2D eigenvalue weighted by Gasteiger charge is 2.32. The second-order valence-corrected chi connectivity index (χ2v) is 5.86. The van der Waals surface area contributed by atoms with E-state index < -0.39 is 17.8 Å². The smallest absolute Gasteiger partial charge is 0.396 e. The lowest BCUT2D eigenvalue weighted by Crippen LogP contribution is -2.41. The highest BCUT2D eigenvalue weighted by atomic mass is 19.4. The minimum absolute atomic E-state index is 0.0128. The van der Waals surface area contributed by atoms with E-state index in [1.54, 1.807) is 4.90 Å². The van der Waals surface area contributed by atoms with Crippen molar-refractivity contribution in [2.75, 3.05) is 33.4 Å². The van der Waals surface area contributed by atoms with Crippen LogP contribution in [-0.2, 0) is 10.9 Å². The Morgan fingerprint density at radius 1 is 1.50 bits per heavy atom. The van der Waals surface area contributed by atoms with Gasteiger partial charge in [-0.1, -0.05) is 12.1 Å². The Bertz CT molecular complexity index is 566. The fourth-order valence-electron chi connectivity index (χ4n) is 2.73. The lowest BCUT2D eigenvalue weighted by molar-refractivity contribution is -0.137. The van der Waals surface area contributed by atoms with Crippen molar-refractivity contribution >= 4 is 6.03 Å². The molecule has 0 bridgehead atoms. The summed E-state index contributed by atoms with van der Waals surface area (Å²) in [6, 6.07) is 3.79. The second kappa shape index (κ2) is 7.85. The Morgan fingerprint density at radius 3 is 2.83 bits per heavy atom. The van der Waals surface area contributed by atoms with Crippen LogP contribution in [0, 0.1) is 5.92 Å². The van der Waals surface area contributed by atoms with E-state index in [2.05, 4.69) is 5.32 Å². The number of ether oxygens (including phenoxy) is 1. The fraction of sp³-hybridized carbons (Fsp3) is 0.562. The predicted octanol–water partition coefficient (Wildman–Crippen LogP) is 2.42. The summed E-state index contributed by atoms with van der Waals surface area (Å²) in [6.07, 6.45) is -3.73. The van der Waals surface area contributed by atoms with Gasteiger partial charge in [-0.05, 0) is 24.1 Å². The molecule has 0 radical (unpaired) electrons. The first-order valence-corrected chi connectivity index (χ1v) is 7.67. The normalized spacial score (nSPS) is 19.4. The number of nitrogens with zero attached hydrogens (tertiary/aromatic N) is 1. The molecule has 1 aliphatic heterocycles. The summed E-state index contributed by atoms with van der Waals surface area (Å²) in [5.41, 5.74) is -0.435. The number of alkyl halides is 3. The SMILES string of the molecule is COCC(NC(=O)N1CCC(CO)C1)c1cccc(C(F)(F)F)c1. The molecule has 134 valence electrons. The van der Waals surface area contributed by atoms with Gasteiger partial charge in [-0.2, -0.15) is 13.2 Å². The Kier molecular flexibility index (Phi) is 6.06. The molecule has 0 saturated carbocycles. The molecule has 5 nitrogen and oxygen atoms in total. The minimum atomic E-state index is -4.44. The van der Waals surface area contributed by atoms with Crippen LogP contribution in [-0.4, -0.2) is 49.5 Å². The lowest BCUT2D eigenvalue weighted by Gasteiger charge is -2.24. The first-order chi connectivity index (χ1) is 11.3. The average molecular weight is 346 g/mol. The third-order valence-corrected chi connectivity index (χ3v) is 4.08. The molecule has 0 spiro atoms. The Labute approximate surface area is 138 Å². The summed E-state index contributed by atoms with van der Waals surface area (Å²) in [5, 5.41) is 11.8. The van der Waals surface area contributed by atoms with Crippen LogP contribution >= 0.6 is 0 Å². The molecule has 2 N–H and O–H groups in total. The number of urea groups is 1. The molecule has 24 heavy (non-hydrogen) atoms. The van der Waals surface area contributed by atoms with E-state index in [1.165, 1.54) is 19.2 Å². The molecule has 0 aromatic heterocycles. The number of rotatable bonds is 5. The lowest BCUT2D eigenvalue weighted by atomic mass is 10.0. The van der Waals surface area contributed by atoms with Crippen LogP contribution < -0.4 is 5.32 Å². The number of carbonyl (C=O) groups is 1. The summed E-state index contributed by atoms with van der Waals surface area (Å²) in [6.45, 7) is 1.02. The largest absolute Gasteiger partial charge is 0.416 e. The van der Waals surface area contributed by atoms with Gasteiger partial charge in [-0.3, -0.25) is 0 Å². The van der Waals surface area contributed by atoms with Crippen LogP contribution in [0.1, 0.15) is 23.6 Å². The molecule has 0 aliphatic carbocycles. The number of hydrogen-bond donors (Lipinski definition) is 2. The molecule has 1 aromatic rings. The monoisotopic (exact) mass is 346 g/mol. The van der Waals surface area contributed by atoms with Gasteiger partial charge >= 0.3 is 12.2 Å².